The zero-order chi connectivity index (χ0) is 23.3. The van der Waals surface area contributed by atoms with Gasteiger partial charge in [0.2, 0.25) is 0 Å². The number of benzene rings is 4. The summed E-state index contributed by atoms with van der Waals surface area (Å²) < 4.78 is 19.0. The average Bonchev–Trinajstić information content (AvgIpc) is 3.43. The number of ether oxygens (including phenoxy) is 2. The molecule has 172 valence electrons. The Labute approximate surface area is 200 Å². The molecule has 4 nitrogen and oxygen atoms in total. The molecule has 1 heterocycles. The molecule has 0 radical (unpaired) electrons. The molecule has 5 rings (SSSR count). The van der Waals surface area contributed by atoms with Crippen molar-refractivity contribution in [2.75, 3.05) is 19.4 Å². The van der Waals surface area contributed by atoms with E-state index < -0.39 is 13.1 Å². The fraction of sp³-hybridized carbons (Fsp3) is 0.138. The van der Waals surface area contributed by atoms with E-state index in [4.69, 9.17) is 14.0 Å². The summed E-state index contributed by atoms with van der Waals surface area (Å²) in [7, 11) is 0. The van der Waals surface area contributed by atoms with Crippen molar-refractivity contribution in [2.24, 2.45) is 0 Å². The second kappa shape index (κ2) is 9.52. The van der Waals surface area contributed by atoms with Crippen LogP contribution in [0.15, 0.2) is 121 Å². The zero-order valence-corrected chi connectivity index (χ0v) is 19.7. The monoisotopic (exact) mass is 470 g/mol. The Bertz CT molecular complexity index is 1120. The van der Waals surface area contributed by atoms with E-state index in [1.165, 1.54) is 0 Å². The summed E-state index contributed by atoms with van der Waals surface area (Å²) in [6.45, 7) is -2.88. The van der Waals surface area contributed by atoms with Gasteiger partial charge in [-0.2, -0.15) is 0 Å². The first kappa shape index (κ1) is 22.5. The molecule has 0 aromatic heterocycles. The van der Waals surface area contributed by atoms with E-state index in [1.54, 1.807) is 12.1 Å². The Morgan fingerprint density at radius 2 is 1.03 bits per heavy atom. The molecule has 0 saturated carbocycles. The van der Waals surface area contributed by atoms with Gasteiger partial charge in [0.05, 0.1) is 0 Å². The number of carbonyl (C=O) groups excluding carboxylic acids is 1. The molecule has 0 aliphatic carbocycles. The van der Waals surface area contributed by atoms with E-state index in [0.29, 0.717) is 24.9 Å². The molecular weight excluding hydrogens is 443 g/mol. The zero-order valence-electron chi connectivity index (χ0n) is 18.8. The predicted molar refractivity (Wildman–Crippen MR) is 138 cm³/mol. The van der Waals surface area contributed by atoms with Crippen LogP contribution in [0.2, 0.25) is 0 Å². The Morgan fingerprint density at radius 3 is 1.44 bits per heavy atom. The third kappa shape index (κ3) is 3.84. The van der Waals surface area contributed by atoms with Crippen molar-refractivity contribution in [3.8, 4) is 0 Å². The van der Waals surface area contributed by atoms with Crippen LogP contribution in [-0.2, 0) is 14.0 Å². The summed E-state index contributed by atoms with van der Waals surface area (Å²) in [6.07, 6.45) is -0.107. The molecule has 5 heteroatoms. The number of hydrogen-bond acceptors (Lipinski definition) is 4. The maximum atomic E-state index is 13.9. The van der Waals surface area contributed by atoms with Crippen LogP contribution in [-0.4, -0.2) is 31.6 Å². The van der Waals surface area contributed by atoms with Gasteiger partial charge in [-0.1, -0.05) is 0 Å². The first-order chi connectivity index (χ1) is 16.7. The second-order valence-electron chi connectivity index (χ2n) is 8.32. The molecule has 4 aromatic rings. The van der Waals surface area contributed by atoms with Crippen molar-refractivity contribution < 1.29 is 18.8 Å². The Kier molecular flexibility index (Phi) is 6.30. The summed E-state index contributed by atoms with van der Waals surface area (Å²) in [5, 5.41) is 2.86. The molecule has 1 fully saturated rings. The Hall–Kier alpha value is -3.30. The van der Waals surface area contributed by atoms with Crippen LogP contribution in [0, 0.1) is 0 Å². The summed E-state index contributed by atoms with van der Waals surface area (Å²) in [5.74, 6) is -0.368. The first-order valence-electron chi connectivity index (χ1n) is 11.4. The SMILES string of the molecule is O=C(OP(CC1OCCO1)(c1ccccc1)(c1ccccc1)c1ccccc1)c1ccccc1. The van der Waals surface area contributed by atoms with E-state index in [2.05, 4.69) is 36.4 Å². The number of rotatable bonds is 7. The van der Waals surface area contributed by atoms with E-state index in [-0.39, 0.29) is 5.97 Å². The van der Waals surface area contributed by atoms with Gasteiger partial charge in [-0.25, -0.2) is 0 Å². The molecule has 1 aliphatic rings. The van der Waals surface area contributed by atoms with Crippen LogP contribution in [0.1, 0.15) is 10.4 Å². The van der Waals surface area contributed by atoms with Gasteiger partial charge in [-0.3, -0.25) is 0 Å². The van der Waals surface area contributed by atoms with E-state index >= 15 is 0 Å². The summed E-state index contributed by atoms with van der Waals surface area (Å²) in [5.41, 5.74) is 0.507. The number of hydrogen-bond donors (Lipinski definition) is 0. The first-order valence-corrected chi connectivity index (χ1v) is 13.8. The van der Waals surface area contributed by atoms with E-state index in [9.17, 15) is 4.79 Å². The third-order valence-corrected chi connectivity index (χ3v) is 12.1. The van der Waals surface area contributed by atoms with Crippen molar-refractivity contribution in [3.63, 3.8) is 0 Å². The summed E-state index contributed by atoms with van der Waals surface area (Å²) in [4.78, 5) is 13.9. The van der Waals surface area contributed by atoms with Crippen LogP contribution in [0.4, 0.5) is 0 Å². The number of carbonyl (C=O) groups is 1. The van der Waals surface area contributed by atoms with Crippen LogP contribution < -0.4 is 15.9 Å². The fourth-order valence-electron chi connectivity index (χ4n) is 4.80. The van der Waals surface area contributed by atoms with Crippen molar-refractivity contribution in [3.05, 3.63) is 127 Å². The molecule has 4 aromatic carbocycles. The van der Waals surface area contributed by atoms with Crippen molar-refractivity contribution >= 4 is 28.7 Å². The third-order valence-electron chi connectivity index (χ3n) is 6.39. The topological polar surface area (TPSA) is 44.8 Å². The molecule has 0 N–H and O–H groups in total. The van der Waals surface area contributed by atoms with Gasteiger partial charge in [-0.15, -0.1) is 0 Å². The van der Waals surface area contributed by atoms with Gasteiger partial charge in [0.25, 0.3) is 0 Å². The molecule has 0 bridgehead atoms. The summed E-state index contributed by atoms with van der Waals surface area (Å²) >= 11 is 0. The minimum atomic E-state index is -3.91. The predicted octanol–water partition coefficient (Wildman–Crippen LogP) is 4.66. The van der Waals surface area contributed by atoms with Gasteiger partial charge >= 0.3 is 200 Å². The van der Waals surface area contributed by atoms with Gasteiger partial charge in [0.1, 0.15) is 0 Å². The molecule has 0 amide bonds. The molecule has 34 heavy (non-hydrogen) atoms. The second-order valence-corrected chi connectivity index (χ2v) is 12.8. The van der Waals surface area contributed by atoms with Crippen LogP contribution in [0.5, 0.6) is 0 Å². The Balaban J connectivity index is 1.86. The van der Waals surface area contributed by atoms with Crippen molar-refractivity contribution in [2.45, 2.75) is 6.29 Å². The van der Waals surface area contributed by atoms with Crippen LogP contribution in [0.25, 0.3) is 0 Å². The van der Waals surface area contributed by atoms with Crippen LogP contribution in [0.3, 0.4) is 0 Å². The molecular formula is C29H27O4P. The normalized spacial score (nSPS) is 15.4. The molecule has 0 spiro atoms. The average molecular weight is 471 g/mol. The van der Waals surface area contributed by atoms with Gasteiger partial charge in [-0.05, 0) is 0 Å². The fourth-order valence-corrected chi connectivity index (χ4v) is 10.4. The standard InChI is InChI=1S/C29H27O4P/c30-29(24-13-5-1-6-14-24)33-34(23-28-31-21-22-32-28,25-15-7-2-8-16-25,26-17-9-3-10-18-26)27-19-11-4-12-20-27/h1-20,28H,21-23H2. The Morgan fingerprint density at radius 1 is 0.647 bits per heavy atom. The minimum absolute atomic E-state index is 0.368. The molecule has 0 unspecified atom stereocenters. The van der Waals surface area contributed by atoms with E-state index in [0.717, 1.165) is 15.9 Å². The summed E-state index contributed by atoms with van der Waals surface area (Å²) in [6, 6.07) is 39.4. The van der Waals surface area contributed by atoms with Crippen LogP contribution >= 0.6 is 6.83 Å². The quantitative estimate of drug-likeness (QED) is 0.369. The van der Waals surface area contributed by atoms with Crippen molar-refractivity contribution in [1.29, 1.82) is 0 Å². The van der Waals surface area contributed by atoms with Gasteiger partial charge < -0.3 is 0 Å². The van der Waals surface area contributed by atoms with Gasteiger partial charge in [0, 0.05) is 0 Å². The van der Waals surface area contributed by atoms with E-state index in [1.807, 2.05) is 72.8 Å². The van der Waals surface area contributed by atoms with Gasteiger partial charge in [0.15, 0.2) is 0 Å². The molecule has 0 atom stereocenters. The molecule has 1 aliphatic heterocycles. The van der Waals surface area contributed by atoms with Crippen molar-refractivity contribution in [1.82, 2.24) is 0 Å². The molecule has 1 saturated heterocycles. The maximum absolute atomic E-state index is 13.9.